The molecule has 130 valence electrons. The Morgan fingerprint density at radius 3 is 2.44 bits per heavy atom. The first-order valence-corrected chi connectivity index (χ1v) is 8.27. The molecule has 1 amide bonds. The van der Waals surface area contributed by atoms with Gasteiger partial charge in [0.25, 0.3) is 5.91 Å². The molecule has 0 aliphatic rings. The van der Waals surface area contributed by atoms with Crippen LogP contribution in [-0.4, -0.2) is 23.2 Å². The molecule has 0 saturated carbocycles. The molecule has 5 nitrogen and oxygen atoms in total. The molecule has 0 saturated heterocycles. The van der Waals surface area contributed by atoms with Crippen molar-refractivity contribution in [1.82, 2.24) is 5.43 Å². The predicted octanol–water partition coefficient (Wildman–Crippen LogP) is 4.32. The van der Waals surface area contributed by atoms with E-state index in [0.29, 0.717) is 5.92 Å². The molecule has 0 aromatic heterocycles. The van der Waals surface area contributed by atoms with E-state index in [1.54, 1.807) is 0 Å². The zero-order valence-electron chi connectivity index (χ0n) is 14.0. The monoisotopic (exact) mass is 358 g/mol. The molecule has 25 heavy (non-hydrogen) atoms. The Bertz CT molecular complexity index is 801. The molecule has 0 radical (unpaired) electrons. The highest BCUT2D eigenvalue weighted by Crippen LogP contribution is 2.21. The van der Waals surface area contributed by atoms with Gasteiger partial charge in [-0.2, -0.15) is 5.10 Å². The lowest BCUT2D eigenvalue weighted by Crippen LogP contribution is -2.19. The van der Waals surface area contributed by atoms with Crippen molar-refractivity contribution < 1.29 is 14.7 Å². The fourth-order valence-corrected chi connectivity index (χ4v) is 2.54. The van der Waals surface area contributed by atoms with Gasteiger partial charge >= 0.3 is 5.97 Å². The first kappa shape index (κ1) is 18.7. The molecule has 2 aromatic rings. The molecule has 1 atom stereocenters. The first-order valence-electron chi connectivity index (χ1n) is 7.89. The van der Waals surface area contributed by atoms with E-state index in [2.05, 4.69) is 24.4 Å². The van der Waals surface area contributed by atoms with Crippen LogP contribution in [0.5, 0.6) is 0 Å². The van der Waals surface area contributed by atoms with E-state index in [0.717, 1.165) is 12.0 Å². The highest BCUT2D eigenvalue weighted by Gasteiger charge is 2.16. The first-order chi connectivity index (χ1) is 11.9. The molecule has 0 heterocycles. The van der Waals surface area contributed by atoms with E-state index in [-0.39, 0.29) is 16.1 Å². The number of hydrogen-bond donors (Lipinski definition) is 2. The maximum atomic E-state index is 12.1. The van der Waals surface area contributed by atoms with Gasteiger partial charge in [-0.15, -0.1) is 0 Å². The number of carbonyl (C=O) groups excluding carboxylic acids is 1. The molecular formula is C19H19ClN2O3. The number of benzene rings is 2. The minimum atomic E-state index is -1.19. The molecule has 2 aromatic carbocycles. The van der Waals surface area contributed by atoms with Crippen molar-refractivity contribution in [2.75, 3.05) is 0 Å². The van der Waals surface area contributed by atoms with E-state index >= 15 is 0 Å². The summed E-state index contributed by atoms with van der Waals surface area (Å²) in [5, 5.41) is 12.8. The minimum Gasteiger partial charge on any atom is -0.478 e. The smallest absolute Gasteiger partial charge is 0.337 e. The van der Waals surface area contributed by atoms with Crippen molar-refractivity contribution in [3.63, 3.8) is 0 Å². The molecule has 2 rings (SSSR count). The fraction of sp³-hybridized carbons (Fsp3) is 0.211. The number of hydrogen-bond acceptors (Lipinski definition) is 3. The number of carbonyl (C=O) groups is 2. The summed E-state index contributed by atoms with van der Waals surface area (Å²) in [5.74, 6) is -1.26. The number of aromatic carboxylic acids is 1. The van der Waals surface area contributed by atoms with Crippen LogP contribution in [0.15, 0.2) is 47.6 Å². The van der Waals surface area contributed by atoms with E-state index < -0.39 is 11.9 Å². The molecular weight excluding hydrogens is 340 g/mol. The quantitative estimate of drug-likeness (QED) is 0.596. The van der Waals surface area contributed by atoms with E-state index in [9.17, 15) is 9.59 Å². The summed E-state index contributed by atoms with van der Waals surface area (Å²) in [7, 11) is 0. The summed E-state index contributed by atoms with van der Waals surface area (Å²) in [6, 6.07) is 12.2. The lowest BCUT2D eigenvalue weighted by atomic mass is 9.98. The number of carboxylic acids is 1. The Hall–Kier alpha value is -2.66. The summed E-state index contributed by atoms with van der Waals surface area (Å²) < 4.78 is 0. The number of rotatable bonds is 6. The second-order valence-corrected chi connectivity index (χ2v) is 6.03. The third-order valence-corrected chi connectivity index (χ3v) is 4.38. The van der Waals surface area contributed by atoms with Gasteiger partial charge in [0.1, 0.15) is 0 Å². The van der Waals surface area contributed by atoms with Crippen LogP contribution < -0.4 is 5.43 Å². The third kappa shape index (κ3) is 4.67. The van der Waals surface area contributed by atoms with E-state index in [4.69, 9.17) is 16.7 Å². The predicted molar refractivity (Wildman–Crippen MR) is 98.6 cm³/mol. The molecule has 2 N–H and O–H groups in total. The Kier molecular flexibility index (Phi) is 6.31. The molecule has 0 aliphatic heterocycles. The zero-order chi connectivity index (χ0) is 18.4. The van der Waals surface area contributed by atoms with Crippen LogP contribution in [0.1, 0.15) is 58.0 Å². The van der Waals surface area contributed by atoms with Crippen LogP contribution >= 0.6 is 11.6 Å². The van der Waals surface area contributed by atoms with Gasteiger partial charge in [0.2, 0.25) is 0 Å². The third-order valence-electron chi connectivity index (χ3n) is 3.97. The van der Waals surface area contributed by atoms with Crippen molar-refractivity contribution in [3.05, 3.63) is 69.7 Å². The van der Waals surface area contributed by atoms with Gasteiger partial charge in [0, 0.05) is 0 Å². The molecule has 0 fully saturated rings. The van der Waals surface area contributed by atoms with Crippen LogP contribution in [0.4, 0.5) is 0 Å². The van der Waals surface area contributed by atoms with Crippen molar-refractivity contribution in [2.24, 2.45) is 5.10 Å². The summed E-state index contributed by atoms with van der Waals surface area (Å²) >= 11 is 5.96. The Balaban J connectivity index is 2.06. The van der Waals surface area contributed by atoms with Crippen LogP contribution in [0.3, 0.4) is 0 Å². The van der Waals surface area contributed by atoms with Gasteiger partial charge in [-0.3, -0.25) is 4.79 Å². The SMILES string of the molecule is CCC(C)c1ccc(/C=N/NC(=O)c2cccc(C(=O)O)c2Cl)cc1. The Morgan fingerprint density at radius 1 is 1.20 bits per heavy atom. The number of hydrazone groups is 1. The van der Waals surface area contributed by atoms with E-state index in [1.165, 1.54) is 30.0 Å². The maximum Gasteiger partial charge on any atom is 0.337 e. The lowest BCUT2D eigenvalue weighted by molar-refractivity contribution is 0.0697. The lowest BCUT2D eigenvalue weighted by Gasteiger charge is -2.08. The van der Waals surface area contributed by atoms with Crippen molar-refractivity contribution in [3.8, 4) is 0 Å². The van der Waals surface area contributed by atoms with Crippen LogP contribution in [0.2, 0.25) is 5.02 Å². The highest BCUT2D eigenvalue weighted by molar-refractivity contribution is 6.36. The molecule has 1 unspecified atom stereocenters. The van der Waals surface area contributed by atoms with Crippen LogP contribution in [-0.2, 0) is 0 Å². The Labute approximate surface area is 151 Å². The fourth-order valence-electron chi connectivity index (χ4n) is 2.24. The van der Waals surface area contributed by atoms with E-state index in [1.807, 2.05) is 24.3 Å². The summed E-state index contributed by atoms with van der Waals surface area (Å²) in [6.45, 7) is 4.30. The maximum absolute atomic E-state index is 12.1. The van der Waals surface area contributed by atoms with Crippen LogP contribution in [0, 0.1) is 0 Å². The minimum absolute atomic E-state index is 0.0610. The summed E-state index contributed by atoms with van der Waals surface area (Å²) in [6.07, 6.45) is 2.59. The topological polar surface area (TPSA) is 78.8 Å². The summed E-state index contributed by atoms with van der Waals surface area (Å²) in [4.78, 5) is 23.2. The molecule has 6 heteroatoms. The Morgan fingerprint density at radius 2 is 1.84 bits per heavy atom. The summed E-state index contributed by atoms with van der Waals surface area (Å²) in [5.41, 5.74) is 4.39. The number of carboxylic acid groups (broad SMARTS) is 1. The second-order valence-electron chi connectivity index (χ2n) is 5.65. The second kappa shape index (κ2) is 8.44. The van der Waals surface area contributed by atoms with Gasteiger partial charge in [-0.05, 0) is 35.6 Å². The molecule has 0 bridgehead atoms. The molecule has 0 spiro atoms. The number of nitrogens with one attached hydrogen (secondary N) is 1. The number of amides is 1. The van der Waals surface area contributed by atoms with Gasteiger partial charge in [-0.1, -0.05) is 55.8 Å². The number of halogens is 1. The van der Waals surface area contributed by atoms with Gasteiger partial charge in [-0.25, -0.2) is 10.2 Å². The van der Waals surface area contributed by atoms with Crippen molar-refractivity contribution >= 4 is 29.7 Å². The average molecular weight is 359 g/mol. The van der Waals surface area contributed by atoms with Crippen molar-refractivity contribution in [2.45, 2.75) is 26.2 Å². The van der Waals surface area contributed by atoms with Gasteiger partial charge < -0.3 is 5.11 Å². The normalized spacial score (nSPS) is 12.1. The van der Waals surface area contributed by atoms with Crippen molar-refractivity contribution in [1.29, 1.82) is 0 Å². The standard InChI is InChI=1S/C19H19ClN2O3/c1-3-12(2)14-9-7-13(8-10-14)11-21-22-18(23)15-5-4-6-16(17(15)20)19(24)25/h4-12H,3H2,1-2H3,(H,22,23)(H,24,25)/b21-11+. The van der Waals surface area contributed by atoms with Gasteiger partial charge in [0.15, 0.2) is 0 Å². The van der Waals surface area contributed by atoms with Gasteiger partial charge in [0.05, 0.1) is 22.4 Å². The molecule has 0 aliphatic carbocycles. The number of nitrogens with zero attached hydrogens (tertiary/aromatic N) is 1. The largest absolute Gasteiger partial charge is 0.478 e. The van der Waals surface area contributed by atoms with Crippen LogP contribution in [0.25, 0.3) is 0 Å². The highest BCUT2D eigenvalue weighted by atomic mass is 35.5. The average Bonchev–Trinajstić information content (AvgIpc) is 2.61. The zero-order valence-corrected chi connectivity index (χ0v) is 14.7.